The van der Waals surface area contributed by atoms with Crippen molar-refractivity contribution in [2.24, 2.45) is 0 Å². The lowest BCUT2D eigenvalue weighted by atomic mass is 10.1. The van der Waals surface area contributed by atoms with Crippen molar-refractivity contribution in [3.8, 4) is 28.7 Å². The molecule has 0 fully saturated rings. The van der Waals surface area contributed by atoms with Gasteiger partial charge in [0.05, 0.1) is 14.2 Å². The van der Waals surface area contributed by atoms with Crippen molar-refractivity contribution in [1.29, 1.82) is 0 Å². The van der Waals surface area contributed by atoms with Crippen LogP contribution in [0.1, 0.15) is 28.4 Å². The molecule has 0 radical (unpaired) electrons. The highest BCUT2D eigenvalue weighted by Crippen LogP contribution is 2.34. The lowest BCUT2D eigenvalue weighted by Gasteiger charge is -2.22. The Bertz CT molecular complexity index is 1300. The molecule has 9 heteroatoms. The average Bonchev–Trinajstić information content (AvgIpc) is 3.32. The molecule has 3 aromatic rings. The zero-order valence-corrected chi connectivity index (χ0v) is 20.2. The first-order valence-corrected chi connectivity index (χ1v) is 11.4. The minimum absolute atomic E-state index is 0.127. The molecule has 0 saturated carbocycles. The minimum atomic E-state index is -0.648. The highest BCUT2D eigenvalue weighted by molar-refractivity contribution is 6.05. The molecule has 1 atom stereocenters. The van der Waals surface area contributed by atoms with E-state index in [1.165, 1.54) is 14.2 Å². The third kappa shape index (κ3) is 4.72. The molecule has 2 aliphatic rings. The smallest absolute Gasteiger partial charge is 0.263 e. The van der Waals surface area contributed by atoms with Crippen LogP contribution in [0.3, 0.4) is 0 Å². The molecule has 2 amide bonds. The second kappa shape index (κ2) is 9.69. The molecule has 2 heterocycles. The van der Waals surface area contributed by atoms with Crippen LogP contribution in [-0.4, -0.2) is 43.8 Å². The van der Waals surface area contributed by atoms with Crippen LogP contribution in [0, 0.1) is 0 Å². The van der Waals surface area contributed by atoms with Crippen LogP contribution in [0.4, 0.5) is 5.69 Å². The molecule has 1 N–H and O–H groups in total. The molecular weight excluding hydrogens is 464 g/mol. The molecule has 186 valence electrons. The van der Waals surface area contributed by atoms with Crippen LogP contribution in [0.5, 0.6) is 28.7 Å². The number of fused-ring (bicyclic) bond motifs is 2. The van der Waals surface area contributed by atoms with E-state index in [1.807, 2.05) is 24.3 Å². The van der Waals surface area contributed by atoms with Crippen molar-refractivity contribution in [3.05, 3.63) is 71.3 Å². The second-order valence-corrected chi connectivity index (χ2v) is 8.52. The number of nitrogens with one attached hydrogen (secondary N) is 1. The van der Waals surface area contributed by atoms with Crippen LogP contribution >= 0.6 is 0 Å². The highest BCUT2D eigenvalue weighted by atomic mass is 16.7. The number of hydrogen-bond donors (Lipinski definition) is 1. The first-order valence-electron chi connectivity index (χ1n) is 11.4. The maximum Gasteiger partial charge on any atom is 0.263 e. The summed E-state index contributed by atoms with van der Waals surface area (Å²) in [5.41, 5.74) is 2.67. The van der Waals surface area contributed by atoms with E-state index >= 15 is 0 Å². The lowest BCUT2D eigenvalue weighted by molar-refractivity contribution is -0.138. The van der Waals surface area contributed by atoms with Gasteiger partial charge in [0.2, 0.25) is 6.79 Å². The second-order valence-electron chi connectivity index (χ2n) is 8.52. The van der Waals surface area contributed by atoms with Crippen molar-refractivity contribution in [2.45, 2.75) is 26.1 Å². The summed E-state index contributed by atoms with van der Waals surface area (Å²) in [5.74, 6) is 2.55. The molecule has 2 aliphatic heterocycles. The molecule has 0 saturated heterocycles. The van der Waals surface area contributed by atoms with Crippen LogP contribution in [0.2, 0.25) is 0 Å². The minimum Gasteiger partial charge on any atom is -0.497 e. The van der Waals surface area contributed by atoms with Gasteiger partial charge in [-0.1, -0.05) is 6.07 Å². The Morgan fingerprint density at radius 3 is 2.44 bits per heavy atom. The van der Waals surface area contributed by atoms with Crippen molar-refractivity contribution >= 4 is 17.5 Å². The summed E-state index contributed by atoms with van der Waals surface area (Å²) < 4.78 is 27.3. The van der Waals surface area contributed by atoms with Gasteiger partial charge in [-0.3, -0.25) is 9.59 Å². The van der Waals surface area contributed by atoms with Gasteiger partial charge < -0.3 is 33.9 Å². The summed E-state index contributed by atoms with van der Waals surface area (Å²) in [6.45, 7) is 2.62. The van der Waals surface area contributed by atoms with Gasteiger partial charge in [-0.25, -0.2) is 0 Å². The molecule has 36 heavy (non-hydrogen) atoms. The van der Waals surface area contributed by atoms with Gasteiger partial charge >= 0.3 is 0 Å². The topological polar surface area (TPSA) is 95.6 Å². The molecule has 1 unspecified atom stereocenters. The molecular formula is C27H26N2O7. The Hall–Kier alpha value is -4.40. The zero-order valence-electron chi connectivity index (χ0n) is 20.2. The standard InChI is InChI=1S/C27H26N2O7/c1-16-27(31)29(13-17-4-6-24-25(8-17)35-15-34-24)14-19-9-20(5-7-23(19)36-16)28-26(30)18-10-21(32-2)12-22(11-18)33-3/h4-12,16H,13-15H2,1-3H3,(H,28,30). The van der Waals surface area contributed by atoms with E-state index in [-0.39, 0.29) is 18.6 Å². The Labute approximate surface area is 208 Å². The van der Waals surface area contributed by atoms with Gasteiger partial charge in [0, 0.05) is 36.0 Å². The Balaban J connectivity index is 1.37. The molecule has 0 bridgehead atoms. The number of benzene rings is 3. The number of amides is 2. The molecule has 0 aliphatic carbocycles. The monoisotopic (exact) mass is 490 g/mol. The fourth-order valence-corrected chi connectivity index (χ4v) is 4.21. The molecule has 3 aromatic carbocycles. The number of ether oxygens (including phenoxy) is 5. The predicted molar refractivity (Wildman–Crippen MR) is 131 cm³/mol. The summed E-state index contributed by atoms with van der Waals surface area (Å²) in [5, 5.41) is 2.91. The summed E-state index contributed by atoms with van der Waals surface area (Å²) in [4.78, 5) is 27.7. The Morgan fingerprint density at radius 2 is 1.69 bits per heavy atom. The van der Waals surface area contributed by atoms with Gasteiger partial charge in [-0.05, 0) is 55.0 Å². The van der Waals surface area contributed by atoms with Crippen molar-refractivity contribution in [2.75, 3.05) is 26.3 Å². The fraction of sp³-hybridized carbons (Fsp3) is 0.259. The first-order chi connectivity index (χ1) is 17.4. The van der Waals surface area contributed by atoms with Crippen molar-refractivity contribution in [3.63, 3.8) is 0 Å². The van der Waals surface area contributed by atoms with E-state index < -0.39 is 6.10 Å². The third-order valence-electron chi connectivity index (χ3n) is 6.07. The van der Waals surface area contributed by atoms with E-state index in [0.717, 1.165) is 11.1 Å². The van der Waals surface area contributed by atoms with Crippen molar-refractivity contribution < 1.29 is 33.3 Å². The first kappa shape index (κ1) is 23.3. The number of anilines is 1. The number of hydrogen-bond acceptors (Lipinski definition) is 7. The number of carbonyl (C=O) groups excluding carboxylic acids is 2. The summed E-state index contributed by atoms with van der Waals surface area (Å²) in [6, 6.07) is 15.9. The lowest BCUT2D eigenvalue weighted by Crippen LogP contribution is -2.37. The summed E-state index contributed by atoms with van der Waals surface area (Å²) in [7, 11) is 3.06. The summed E-state index contributed by atoms with van der Waals surface area (Å²) in [6.07, 6.45) is -0.648. The largest absolute Gasteiger partial charge is 0.497 e. The van der Waals surface area contributed by atoms with Crippen LogP contribution in [0.15, 0.2) is 54.6 Å². The van der Waals surface area contributed by atoms with Gasteiger partial charge in [-0.15, -0.1) is 0 Å². The third-order valence-corrected chi connectivity index (χ3v) is 6.07. The maximum absolute atomic E-state index is 13.1. The van der Waals surface area contributed by atoms with E-state index in [2.05, 4.69) is 5.32 Å². The fourth-order valence-electron chi connectivity index (χ4n) is 4.21. The number of rotatable bonds is 6. The molecule has 0 aromatic heterocycles. The molecule has 9 nitrogen and oxygen atoms in total. The maximum atomic E-state index is 13.1. The normalized spacial score (nSPS) is 16.0. The van der Waals surface area contributed by atoms with E-state index in [9.17, 15) is 9.59 Å². The van der Waals surface area contributed by atoms with Crippen molar-refractivity contribution in [1.82, 2.24) is 4.90 Å². The predicted octanol–water partition coefficient (Wildman–Crippen LogP) is 3.99. The van der Waals surface area contributed by atoms with Crippen LogP contribution in [0.25, 0.3) is 0 Å². The Kier molecular flexibility index (Phi) is 6.28. The number of methoxy groups -OCH3 is 2. The quantitative estimate of drug-likeness (QED) is 0.558. The Morgan fingerprint density at radius 1 is 0.972 bits per heavy atom. The van der Waals surface area contributed by atoms with E-state index in [0.29, 0.717) is 53.1 Å². The number of carbonyl (C=O) groups is 2. The van der Waals surface area contributed by atoms with Gasteiger partial charge in [0.1, 0.15) is 17.2 Å². The van der Waals surface area contributed by atoms with Gasteiger partial charge in [0.25, 0.3) is 11.8 Å². The molecule has 0 spiro atoms. The average molecular weight is 491 g/mol. The SMILES string of the molecule is COc1cc(OC)cc(C(=O)Nc2ccc3c(c2)CN(Cc2ccc4c(c2)OCO4)C(=O)C(C)O3)c1. The van der Waals surface area contributed by atoms with E-state index in [4.69, 9.17) is 23.7 Å². The number of nitrogens with zero attached hydrogens (tertiary/aromatic N) is 1. The zero-order chi connectivity index (χ0) is 25.2. The summed E-state index contributed by atoms with van der Waals surface area (Å²) >= 11 is 0. The van der Waals surface area contributed by atoms with Gasteiger partial charge in [0.15, 0.2) is 17.6 Å². The highest BCUT2D eigenvalue weighted by Gasteiger charge is 2.28. The molecule has 5 rings (SSSR count). The van der Waals surface area contributed by atoms with Gasteiger partial charge in [-0.2, -0.15) is 0 Å². The van der Waals surface area contributed by atoms with E-state index in [1.54, 1.807) is 42.2 Å². The van der Waals surface area contributed by atoms with Crippen LogP contribution in [-0.2, 0) is 17.9 Å². The van der Waals surface area contributed by atoms with Crippen LogP contribution < -0.4 is 29.0 Å².